The molecule has 2 saturated heterocycles. The summed E-state index contributed by atoms with van der Waals surface area (Å²) in [5.74, 6) is 0.726. The van der Waals surface area contributed by atoms with Crippen LogP contribution in [0.15, 0.2) is 18.2 Å². The number of ether oxygens (including phenoxy) is 4. The first-order valence-electron chi connectivity index (χ1n) is 9.10. The molecular formula is C19H20N4O7. The fourth-order valence-corrected chi connectivity index (χ4v) is 3.48. The minimum absolute atomic E-state index is 0.248. The number of rotatable bonds is 6. The fraction of sp³-hybridized carbons (Fsp3) is 0.368. The summed E-state index contributed by atoms with van der Waals surface area (Å²) in [5.41, 5.74) is 1.48. The van der Waals surface area contributed by atoms with Gasteiger partial charge in [-0.05, 0) is 18.2 Å². The highest BCUT2D eigenvalue weighted by molar-refractivity contribution is 5.99. The van der Waals surface area contributed by atoms with Crippen molar-refractivity contribution in [1.29, 1.82) is 0 Å². The molecule has 2 aromatic rings. The van der Waals surface area contributed by atoms with Crippen LogP contribution >= 0.6 is 0 Å². The quantitative estimate of drug-likeness (QED) is 0.737. The lowest BCUT2D eigenvalue weighted by atomic mass is 10.1. The summed E-state index contributed by atoms with van der Waals surface area (Å²) < 4.78 is 20.7. The first-order valence-corrected chi connectivity index (χ1v) is 9.10. The van der Waals surface area contributed by atoms with Crippen molar-refractivity contribution in [2.24, 2.45) is 0 Å². The number of benzene rings is 1. The number of hydrogen-bond donors (Lipinski definition) is 1. The molecular weight excluding hydrogens is 396 g/mol. The number of likely N-dealkylation sites (tertiary alicyclic amines) is 1. The lowest BCUT2D eigenvalue weighted by Crippen LogP contribution is -2.62. The van der Waals surface area contributed by atoms with Crippen LogP contribution in [0, 0.1) is 0 Å². The predicted octanol–water partition coefficient (Wildman–Crippen LogP) is 0.906. The Bertz CT molecular complexity index is 971. The Balaban J connectivity index is 1.49. The molecule has 30 heavy (non-hydrogen) atoms. The molecule has 0 saturated carbocycles. The van der Waals surface area contributed by atoms with E-state index < -0.39 is 6.09 Å². The van der Waals surface area contributed by atoms with Crippen LogP contribution in [-0.2, 0) is 9.53 Å². The van der Waals surface area contributed by atoms with Gasteiger partial charge in [0, 0.05) is 18.7 Å². The highest BCUT2D eigenvalue weighted by Crippen LogP contribution is 2.40. The zero-order chi connectivity index (χ0) is 21.4. The average Bonchev–Trinajstić information content (AvgIpc) is 3.34. The molecule has 3 heterocycles. The van der Waals surface area contributed by atoms with Gasteiger partial charge in [0.05, 0.1) is 33.1 Å². The second-order valence-corrected chi connectivity index (χ2v) is 6.76. The zero-order valence-electron chi connectivity index (χ0n) is 16.6. The number of hydrogen-bond acceptors (Lipinski definition) is 8. The van der Waals surface area contributed by atoms with Gasteiger partial charge in [0.1, 0.15) is 5.69 Å². The Morgan fingerprint density at radius 2 is 1.77 bits per heavy atom. The summed E-state index contributed by atoms with van der Waals surface area (Å²) in [7, 11) is 4.55. The molecule has 2 fully saturated rings. The Hall–Kier alpha value is -3.76. The largest absolute Gasteiger partial charge is 0.493 e. The molecule has 1 aromatic heterocycles. The molecule has 0 aliphatic carbocycles. The third kappa shape index (κ3) is 3.17. The van der Waals surface area contributed by atoms with Gasteiger partial charge in [-0.2, -0.15) is 5.10 Å². The molecule has 3 amide bonds. The summed E-state index contributed by atoms with van der Waals surface area (Å²) >= 11 is 0. The maximum absolute atomic E-state index is 12.7. The molecule has 0 spiro atoms. The monoisotopic (exact) mass is 416 g/mol. The molecule has 0 bridgehead atoms. The number of amides is 3. The molecule has 0 radical (unpaired) electrons. The minimum atomic E-state index is -0.664. The Labute approximate surface area is 171 Å². The van der Waals surface area contributed by atoms with Gasteiger partial charge in [0.25, 0.3) is 11.8 Å². The van der Waals surface area contributed by atoms with E-state index in [1.807, 2.05) is 0 Å². The smallest absolute Gasteiger partial charge is 0.417 e. The second kappa shape index (κ2) is 7.58. The highest BCUT2D eigenvalue weighted by atomic mass is 16.6. The third-order valence-corrected chi connectivity index (χ3v) is 5.07. The summed E-state index contributed by atoms with van der Waals surface area (Å²) in [6, 6.07) is 4.71. The lowest BCUT2D eigenvalue weighted by Gasteiger charge is -2.41. The fourth-order valence-electron chi connectivity index (χ4n) is 3.48. The van der Waals surface area contributed by atoms with E-state index in [0.717, 1.165) is 4.90 Å². The molecule has 1 N–H and O–H groups in total. The molecule has 11 nitrogen and oxygen atoms in total. The number of nitrogens with zero attached hydrogens (tertiary/aromatic N) is 3. The van der Waals surface area contributed by atoms with Gasteiger partial charge in [-0.25, -0.2) is 9.69 Å². The SMILES string of the molecule is COc1cc(-c2cc(C(=O)N3CC(N4C(=O)COC4=O)C3)[nH]n2)cc(OC)c1OC. The highest BCUT2D eigenvalue weighted by Gasteiger charge is 2.44. The van der Waals surface area contributed by atoms with Gasteiger partial charge in [0.2, 0.25) is 5.75 Å². The standard InChI is InChI=1S/C19H20N4O7/c1-27-14-4-10(5-15(28-2)17(14)29-3)12-6-13(21-20-12)18(25)22-7-11(8-22)23-16(24)9-30-19(23)26/h4-6,11H,7-9H2,1-3H3,(H,20,21). The van der Waals surface area contributed by atoms with Crippen molar-refractivity contribution in [3.8, 4) is 28.5 Å². The number of carbonyl (C=O) groups is 3. The van der Waals surface area contributed by atoms with E-state index in [1.54, 1.807) is 18.2 Å². The number of cyclic esters (lactones) is 1. The van der Waals surface area contributed by atoms with E-state index >= 15 is 0 Å². The maximum atomic E-state index is 12.7. The first-order chi connectivity index (χ1) is 14.5. The molecule has 158 valence electrons. The Kier molecular flexibility index (Phi) is 4.94. The second-order valence-electron chi connectivity index (χ2n) is 6.76. The molecule has 2 aliphatic rings. The summed E-state index contributed by atoms with van der Waals surface area (Å²) in [6.45, 7) is 0.248. The van der Waals surface area contributed by atoms with E-state index in [2.05, 4.69) is 10.2 Å². The lowest BCUT2D eigenvalue weighted by molar-refractivity contribution is -0.129. The van der Waals surface area contributed by atoms with Crippen LogP contribution in [0.5, 0.6) is 17.2 Å². The number of aromatic amines is 1. The summed E-state index contributed by atoms with van der Waals surface area (Å²) in [6.07, 6.45) is -0.664. The topological polar surface area (TPSA) is 123 Å². The average molecular weight is 416 g/mol. The number of carbonyl (C=O) groups excluding carboxylic acids is 3. The number of H-pyrrole nitrogens is 1. The van der Waals surface area contributed by atoms with E-state index in [9.17, 15) is 14.4 Å². The Morgan fingerprint density at radius 3 is 2.30 bits per heavy atom. The zero-order valence-corrected chi connectivity index (χ0v) is 16.6. The third-order valence-electron chi connectivity index (χ3n) is 5.07. The van der Waals surface area contributed by atoms with E-state index in [0.29, 0.717) is 28.5 Å². The molecule has 1 aromatic carbocycles. The van der Waals surface area contributed by atoms with Crippen LogP contribution in [0.3, 0.4) is 0 Å². The van der Waals surface area contributed by atoms with Crippen LogP contribution in [-0.4, -0.2) is 85.0 Å². The van der Waals surface area contributed by atoms with Gasteiger partial charge in [-0.1, -0.05) is 0 Å². The van der Waals surface area contributed by atoms with Crippen LogP contribution in [0.1, 0.15) is 10.5 Å². The van der Waals surface area contributed by atoms with Crippen LogP contribution in [0.2, 0.25) is 0 Å². The number of nitrogens with one attached hydrogen (secondary N) is 1. The van der Waals surface area contributed by atoms with Gasteiger partial charge in [0.15, 0.2) is 18.1 Å². The van der Waals surface area contributed by atoms with Crippen LogP contribution in [0.4, 0.5) is 4.79 Å². The van der Waals surface area contributed by atoms with Crippen LogP contribution in [0.25, 0.3) is 11.3 Å². The molecule has 0 unspecified atom stereocenters. The van der Waals surface area contributed by atoms with Crippen molar-refractivity contribution in [3.05, 3.63) is 23.9 Å². The first kappa shape index (κ1) is 19.6. The summed E-state index contributed by atoms with van der Waals surface area (Å²) in [4.78, 5) is 38.6. The number of aromatic nitrogens is 2. The Morgan fingerprint density at radius 1 is 1.10 bits per heavy atom. The van der Waals surface area contributed by atoms with Gasteiger partial charge < -0.3 is 23.8 Å². The minimum Gasteiger partial charge on any atom is -0.493 e. The number of methoxy groups -OCH3 is 3. The van der Waals surface area contributed by atoms with E-state index in [1.165, 1.54) is 26.2 Å². The van der Waals surface area contributed by atoms with E-state index in [4.69, 9.17) is 18.9 Å². The van der Waals surface area contributed by atoms with Gasteiger partial charge in [-0.3, -0.25) is 14.7 Å². The number of imide groups is 1. The molecule has 4 rings (SSSR count). The van der Waals surface area contributed by atoms with Gasteiger partial charge >= 0.3 is 6.09 Å². The maximum Gasteiger partial charge on any atom is 0.417 e. The van der Waals surface area contributed by atoms with Crippen molar-refractivity contribution in [2.75, 3.05) is 41.0 Å². The molecule has 11 heteroatoms. The summed E-state index contributed by atoms with van der Waals surface area (Å²) in [5, 5.41) is 6.94. The van der Waals surface area contributed by atoms with Crippen molar-refractivity contribution < 1.29 is 33.3 Å². The molecule has 2 aliphatic heterocycles. The van der Waals surface area contributed by atoms with Crippen molar-refractivity contribution in [1.82, 2.24) is 20.0 Å². The molecule has 0 atom stereocenters. The van der Waals surface area contributed by atoms with Crippen molar-refractivity contribution >= 4 is 17.9 Å². The van der Waals surface area contributed by atoms with Crippen LogP contribution < -0.4 is 14.2 Å². The normalized spacial score (nSPS) is 16.4. The van der Waals surface area contributed by atoms with Crippen molar-refractivity contribution in [2.45, 2.75) is 6.04 Å². The van der Waals surface area contributed by atoms with Gasteiger partial charge in [-0.15, -0.1) is 0 Å². The predicted molar refractivity (Wildman–Crippen MR) is 102 cm³/mol. The van der Waals surface area contributed by atoms with Crippen molar-refractivity contribution in [3.63, 3.8) is 0 Å². The van der Waals surface area contributed by atoms with E-state index in [-0.39, 0.29) is 43.2 Å².